The highest BCUT2D eigenvalue weighted by molar-refractivity contribution is 8.15. The molecule has 1 saturated heterocycles. The number of ether oxygens (including phenoxy) is 1. The van der Waals surface area contributed by atoms with E-state index in [4.69, 9.17) is 32.9 Å². The molecule has 0 aliphatic carbocycles. The van der Waals surface area contributed by atoms with Crippen LogP contribution in [-0.2, 0) is 16.0 Å². The van der Waals surface area contributed by atoms with E-state index < -0.39 is 5.25 Å². The summed E-state index contributed by atoms with van der Waals surface area (Å²) in [6.07, 6.45) is 0.707. The van der Waals surface area contributed by atoms with E-state index in [9.17, 15) is 9.59 Å². The van der Waals surface area contributed by atoms with Crippen LogP contribution < -0.4 is 10.1 Å². The van der Waals surface area contributed by atoms with Crippen LogP contribution in [0, 0.1) is 0 Å². The fourth-order valence-corrected chi connectivity index (χ4v) is 4.85. The fourth-order valence-electron chi connectivity index (χ4n) is 3.48. The van der Waals surface area contributed by atoms with Crippen molar-refractivity contribution in [1.82, 2.24) is 4.90 Å². The molecule has 4 rings (SSSR count). The summed E-state index contributed by atoms with van der Waals surface area (Å²) in [4.78, 5) is 32.5. The zero-order valence-electron chi connectivity index (χ0n) is 18.9. The minimum atomic E-state index is -0.609. The molecule has 0 bridgehead atoms. The van der Waals surface area contributed by atoms with Gasteiger partial charge in [-0.3, -0.25) is 14.5 Å². The van der Waals surface area contributed by atoms with Crippen molar-refractivity contribution in [2.45, 2.75) is 18.1 Å². The standard InChI is InChI=1S/C26H23Cl2N3O3S/c1-34-22-12-10-21(11-13-22)30-26-31(15-14-17-2-4-18(27)5-3-17)24(32)16-23(35-26)25(33)29-20-8-6-19(28)7-9-20/h2-13,23H,14-16H2,1H3,(H,29,33). The van der Waals surface area contributed by atoms with E-state index in [0.29, 0.717) is 45.3 Å². The molecule has 1 aliphatic heterocycles. The van der Waals surface area contributed by atoms with Crippen LogP contribution >= 0.6 is 35.0 Å². The minimum Gasteiger partial charge on any atom is -0.497 e. The van der Waals surface area contributed by atoms with E-state index in [2.05, 4.69) is 5.32 Å². The van der Waals surface area contributed by atoms with Gasteiger partial charge in [0, 0.05) is 28.7 Å². The Hall–Kier alpha value is -3.00. The van der Waals surface area contributed by atoms with Gasteiger partial charge in [0.25, 0.3) is 0 Å². The summed E-state index contributed by atoms with van der Waals surface area (Å²) in [7, 11) is 1.60. The highest BCUT2D eigenvalue weighted by Gasteiger charge is 2.35. The number of nitrogens with zero attached hydrogens (tertiary/aromatic N) is 2. The van der Waals surface area contributed by atoms with Crippen LogP contribution in [0.3, 0.4) is 0 Å². The molecule has 1 aliphatic rings. The number of methoxy groups -OCH3 is 1. The first-order valence-corrected chi connectivity index (χ1v) is 12.6. The van der Waals surface area contributed by atoms with Crippen LogP contribution in [0.4, 0.5) is 11.4 Å². The first-order chi connectivity index (χ1) is 16.9. The van der Waals surface area contributed by atoms with E-state index in [-0.39, 0.29) is 18.2 Å². The quantitative estimate of drug-likeness (QED) is 0.396. The SMILES string of the molecule is COc1ccc(N=C2SC(C(=O)Nc3ccc(Cl)cc3)CC(=O)N2CCc2ccc(Cl)cc2)cc1. The van der Waals surface area contributed by atoms with Crippen molar-refractivity contribution in [2.24, 2.45) is 4.99 Å². The molecule has 0 radical (unpaired) electrons. The Bertz CT molecular complexity index is 1220. The monoisotopic (exact) mass is 527 g/mol. The maximum Gasteiger partial charge on any atom is 0.238 e. The third-order valence-corrected chi connectivity index (χ3v) is 7.07. The smallest absolute Gasteiger partial charge is 0.238 e. The molecule has 1 N–H and O–H groups in total. The lowest BCUT2D eigenvalue weighted by Crippen LogP contribution is -2.46. The number of nitrogens with one attached hydrogen (secondary N) is 1. The van der Waals surface area contributed by atoms with Crippen molar-refractivity contribution in [3.05, 3.63) is 88.4 Å². The van der Waals surface area contributed by atoms with Gasteiger partial charge in [-0.2, -0.15) is 0 Å². The number of thioether (sulfide) groups is 1. The van der Waals surface area contributed by atoms with Gasteiger partial charge in [0.1, 0.15) is 11.0 Å². The van der Waals surface area contributed by atoms with Gasteiger partial charge in [-0.05, 0) is 72.6 Å². The van der Waals surface area contributed by atoms with E-state index in [1.165, 1.54) is 11.8 Å². The number of halogens is 2. The second-order valence-electron chi connectivity index (χ2n) is 7.82. The molecule has 35 heavy (non-hydrogen) atoms. The molecule has 2 amide bonds. The molecule has 180 valence electrons. The minimum absolute atomic E-state index is 0.0757. The van der Waals surface area contributed by atoms with E-state index in [0.717, 1.165) is 5.56 Å². The summed E-state index contributed by atoms with van der Waals surface area (Å²) in [6.45, 7) is 0.438. The van der Waals surface area contributed by atoms with Crippen molar-refractivity contribution >= 4 is 63.3 Å². The Kier molecular flexibility index (Phi) is 8.33. The maximum absolute atomic E-state index is 13.2. The van der Waals surface area contributed by atoms with Crippen molar-refractivity contribution in [2.75, 3.05) is 19.0 Å². The summed E-state index contributed by atoms with van der Waals surface area (Å²) in [5, 5.41) is 3.98. The van der Waals surface area contributed by atoms with Crippen molar-refractivity contribution in [1.29, 1.82) is 0 Å². The topological polar surface area (TPSA) is 71.0 Å². The molecule has 0 aromatic heterocycles. The molecule has 3 aromatic carbocycles. The van der Waals surface area contributed by atoms with Gasteiger partial charge in [-0.25, -0.2) is 4.99 Å². The largest absolute Gasteiger partial charge is 0.497 e. The summed E-state index contributed by atoms with van der Waals surface area (Å²) in [5.74, 6) is 0.299. The predicted octanol–water partition coefficient (Wildman–Crippen LogP) is 6.21. The van der Waals surface area contributed by atoms with Crippen molar-refractivity contribution in [3.8, 4) is 5.75 Å². The average molecular weight is 528 g/mol. The fraction of sp³-hybridized carbons (Fsp3) is 0.192. The summed E-state index contributed by atoms with van der Waals surface area (Å²) in [5.41, 5.74) is 2.33. The van der Waals surface area contributed by atoms with Crippen molar-refractivity contribution in [3.63, 3.8) is 0 Å². The van der Waals surface area contributed by atoms with Crippen LogP contribution in [0.5, 0.6) is 5.75 Å². The number of hydrogen-bond acceptors (Lipinski definition) is 5. The van der Waals surface area contributed by atoms with E-state index >= 15 is 0 Å². The molecule has 0 spiro atoms. The molecule has 0 saturated carbocycles. The molecular formula is C26H23Cl2N3O3S. The zero-order chi connectivity index (χ0) is 24.8. The molecule has 1 fully saturated rings. The highest BCUT2D eigenvalue weighted by atomic mass is 35.5. The van der Waals surface area contributed by atoms with Crippen molar-refractivity contribution < 1.29 is 14.3 Å². The number of benzene rings is 3. The zero-order valence-corrected chi connectivity index (χ0v) is 21.2. The number of rotatable bonds is 7. The molecular weight excluding hydrogens is 505 g/mol. The number of hydrogen-bond donors (Lipinski definition) is 1. The number of aliphatic imine (C=N–C) groups is 1. The van der Waals surface area contributed by atoms with Gasteiger partial charge >= 0.3 is 0 Å². The van der Waals surface area contributed by atoms with Gasteiger partial charge in [-0.15, -0.1) is 0 Å². The molecule has 6 nitrogen and oxygen atoms in total. The van der Waals surface area contributed by atoms with Crippen LogP contribution in [0.1, 0.15) is 12.0 Å². The Morgan fingerprint density at radius 2 is 1.66 bits per heavy atom. The Morgan fingerprint density at radius 3 is 2.29 bits per heavy atom. The number of amides is 2. The second kappa shape index (κ2) is 11.6. The second-order valence-corrected chi connectivity index (χ2v) is 9.86. The number of amidine groups is 1. The lowest BCUT2D eigenvalue weighted by molar-refractivity contribution is -0.129. The molecule has 9 heteroatoms. The maximum atomic E-state index is 13.2. The lowest BCUT2D eigenvalue weighted by atomic mass is 10.1. The average Bonchev–Trinajstić information content (AvgIpc) is 2.86. The molecule has 3 aromatic rings. The number of carbonyl (C=O) groups excluding carboxylic acids is 2. The molecule has 1 heterocycles. The van der Waals surface area contributed by atoms with Gasteiger partial charge < -0.3 is 10.1 Å². The number of anilines is 1. The molecule has 1 unspecified atom stereocenters. The van der Waals surface area contributed by atoms with Gasteiger partial charge in [0.05, 0.1) is 12.8 Å². The molecule has 1 atom stereocenters. The first-order valence-electron chi connectivity index (χ1n) is 10.9. The summed E-state index contributed by atoms with van der Waals surface area (Å²) < 4.78 is 5.22. The normalized spacial score (nSPS) is 16.9. The van der Waals surface area contributed by atoms with Gasteiger partial charge in [0.15, 0.2) is 5.17 Å². The predicted molar refractivity (Wildman–Crippen MR) is 143 cm³/mol. The lowest BCUT2D eigenvalue weighted by Gasteiger charge is -2.32. The van der Waals surface area contributed by atoms with Crippen LogP contribution in [0.15, 0.2) is 77.8 Å². The third kappa shape index (κ3) is 6.78. The van der Waals surface area contributed by atoms with Crippen LogP contribution in [0.25, 0.3) is 0 Å². The summed E-state index contributed by atoms with van der Waals surface area (Å²) >= 11 is 13.2. The van der Waals surface area contributed by atoms with Crippen LogP contribution in [-0.4, -0.2) is 40.8 Å². The Balaban J connectivity index is 1.54. The summed E-state index contributed by atoms with van der Waals surface area (Å²) in [6, 6.07) is 21.6. The number of carbonyl (C=O) groups is 2. The van der Waals surface area contributed by atoms with Crippen LogP contribution in [0.2, 0.25) is 10.0 Å². The van der Waals surface area contributed by atoms with E-state index in [1.807, 2.05) is 36.4 Å². The Morgan fingerprint density at radius 1 is 1.03 bits per heavy atom. The Labute approximate surface area is 218 Å². The third-order valence-electron chi connectivity index (χ3n) is 5.38. The first kappa shape index (κ1) is 25.1. The van der Waals surface area contributed by atoms with Gasteiger partial charge in [0.2, 0.25) is 11.8 Å². The van der Waals surface area contributed by atoms with E-state index in [1.54, 1.807) is 48.4 Å². The van der Waals surface area contributed by atoms with Gasteiger partial charge in [-0.1, -0.05) is 47.1 Å². The highest BCUT2D eigenvalue weighted by Crippen LogP contribution is 2.31.